The van der Waals surface area contributed by atoms with Crippen molar-refractivity contribution in [2.75, 3.05) is 13.1 Å². The number of carboxylic acid groups (broad SMARTS) is 1. The minimum Gasteiger partial charge on any atom is -0.481 e. The number of carboxylic acids is 1. The van der Waals surface area contributed by atoms with Crippen LogP contribution >= 0.6 is 0 Å². The van der Waals surface area contributed by atoms with Crippen molar-refractivity contribution in [1.29, 1.82) is 0 Å². The Morgan fingerprint density at radius 1 is 1.10 bits per heavy atom. The summed E-state index contributed by atoms with van der Waals surface area (Å²) in [6.45, 7) is 2.55. The van der Waals surface area contributed by atoms with E-state index in [0.29, 0.717) is 18.4 Å². The summed E-state index contributed by atoms with van der Waals surface area (Å²) < 4.78 is 0. The summed E-state index contributed by atoms with van der Waals surface area (Å²) >= 11 is 0. The van der Waals surface area contributed by atoms with Gasteiger partial charge in [-0.25, -0.2) is 0 Å². The van der Waals surface area contributed by atoms with Gasteiger partial charge in [0.2, 0.25) is 0 Å². The SMILES string of the molecule is O=C(O)[C@H]1CN(Cc2ccccc2)C[C@H]1C1CCCCC1. The molecular weight excluding hydrogens is 262 g/mol. The summed E-state index contributed by atoms with van der Waals surface area (Å²) in [5.41, 5.74) is 1.28. The Morgan fingerprint density at radius 2 is 1.81 bits per heavy atom. The highest BCUT2D eigenvalue weighted by Gasteiger charge is 2.41. The van der Waals surface area contributed by atoms with Crippen LogP contribution in [0.2, 0.25) is 0 Å². The number of hydrogen-bond donors (Lipinski definition) is 1. The first-order valence-electron chi connectivity index (χ1n) is 8.23. The van der Waals surface area contributed by atoms with Gasteiger partial charge in [-0.05, 0) is 17.4 Å². The van der Waals surface area contributed by atoms with Gasteiger partial charge in [-0.15, -0.1) is 0 Å². The number of nitrogens with zero attached hydrogens (tertiary/aromatic N) is 1. The maximum atomic E-state index is 11.6. The summed E-state index contributed by atoms with van der Waals surface area (Å²) in [6, 6.07) is 10.4. The van der Waals surface area contributed by atoms with E-state index in [-0.39, 0.29) is 5.92 Å². The molecule has 1 aromatic carbocycles. The Balaban J connectivity index is 1.67. The van der Waals surface area contributed by atoms with Crippen LogP contribution in [0.5, 0.6) is 0 Å². The lowest BCUT2D eigenvalue weighted by Crippen LogP contribution is -2.29. The van der Waals surface area contributed by atoms with Gasteiger partial charge < -0.3 is 5.11 Å². The van der Waals surface area contributed by atoms with Crippen LogP contribution in [0.1, 0.15) is 37.7 Å². The standard InChI is InChI=1S/C18H25NO2/c20-18(21)17-13-19(11-14-7-3-1-4-8-14)12-16(17)15-9-5-2-6-10-15/h1,3-4,7-8,15-17H,2,5-6,9-13H2,(H,20,21)/t16-,17-/m0/s1. The fraction of sp³-hybridized carbons (Fsp3) is 0.611. The van der Waals surface area contributed by atoms with Gasteiger partial charge in [0.1, 0.15) is 0 Å². The minimum atomic E-state index is -0.596. The maximum absolute atomic E-state index is 11.6. The topological polar surface area (TPSA) is 40.5 Å². The number of likely N-dealkylation sites (tertiary alicyclic amines) is 1. The second-order valence-electron chi connectivity index (χ2n) is 6.69. The average molecular weight is 287 g/mol. The first kappa shape index (κ1) is 14.6. The zero-order valence-electron chi connectivity index (χ0n) is 12.6. The van der Waals surface area contributed by atoms with Gasteiger partial charge in [0.05, 0.1) is 5.92 Å². The van der Waals surface area contributed by atoms with Crippen LogP contribution in [0.3, 0.4) is 0 Å². The molecule has 1 saturated heterocycles. The smallest absolute Gasteiger partial charge is 0.308 e. The molecule has 2 fully saturated rings. The van der Waals surface area contributed by atoms with E-state index in [1.54, 1.807) is 0 Å². The summed E-state index contributed by atoms with van der Waals surface area (Å²) in [6.07, 6.45) is 6.36. The molecule has 0 unspecified atom stereocenters. The number of rotatable bonds is 4. The highest BCUT2D eigenvalue weighted by molar-refractivity contribution is 5.71. The molecule has 0 radical (unpaired) electrons. The molecular formula is C18H25NO2. The van der Waals surface area contributed by atoms with Gasteiger partial charge in [-0.2, -0.15) is 0 Å². The monoisotopic (exact) mass is 287 g/mol. The highest BCUT2D eigenvalue weighted by atomic mass is 16.4. The molecule has 3 nitrogen and oxygen atoms in total. The lowest BCUT2D eigenvalue weighted by molar-refractivity contribution is -0.143. The number of hydrogen-bond acceptors (Lipinski definition) is 2. The fourth-order valence-electron chi connectivity index (χ4n) is 4.19. The summed E-state index contributed by atoms with van der Waals surface area (Å²) in [5.74, 6) is 0.213. The van der Waals surface area contributed by atoms with Crippen molar-refractivity contribution in [3.63, 3.8) is 0 Å². The lowest BCUT2D eigenvalue weighted by Gasteiger charge is -2.29. The third-order valence-electron chi connectivity index (χ3n) is 5.26. The van der Waals surface area contributed by atoms with Gasteiger partial charge >= 0.3 is 5.97 Å². The van der Waals surface area contributed by atoms with Crippen molar-refractivity contribution < 1.29 is 9.90 Å². The van der Waals surface area contributed by atoms with Crippen LogP contribution in [-0.2, 0) is 11.3 Å². The van der Waals surface area contributed by atoms with Crippen LogP contribution in [0, 0.1) is 17.8 Å². The minimum absolute atomic E-state index is 0.170. The van der Waals surface area contributed by atoms with Gasteiger partial charge in [0.25, 0.3) is 0 Å². The normalized spacial score (nSPS) is 27.8. The molecule has 21 heavy (non-hydrogen) atoms. The van der Waals surface area contributed by atoms with Crippen LogP contribution in [0.4, 0.5) is 0 Å². The van der Waals surface area contributed by atoms with Gasteiger partial charge in [0.15, 0.2) is 0 Å². The lowest BCUT2D eigenvalue weighted by atomic mass is 9.75. The molecule has 2 atom stereocenters. The molecule has 1 N–H and O–H groups in total. The van der Waals surface area contributed by atoms with Gasteiger partial charge in [0, 0.05) is 19.6 Å². The molecule has 1 aromatic rings. The van der Waals surface area contributed by atoms with E-state index in [1.165, 1.54) is 37.7 Å². The number of aliphatic carboxylic acids is 1. The first-order chi connectivity index (χ1) is 10.2. The average Bonchev–Trinajstić information content (AvgIpc) is 2.93. The van der Waals surface area contributed by atoms with Crippen molar-refractivity contribution >= 4 is 5.97 Å². The van der Waals surface area contributed by atoms with E-state index < -0.39 is 5.97 Å². The van der Waals surface area contributed by atoms with E-state index in [9.17, 15) is 9.90 Å². The predicted molar refractivity (Wildman–Crippen MR) is 82.9 cm³/mol. The van der Waals surface area contributed by atoms with Crippen LogP contribution in [0.15, 0.2) is 30.3 Å². The van der Waals surface area contributed by atoms with E-state index in [4.69, 9.17) is 0 Å². The molecule has 1 saturated carbocycles. The van der Waals surface area contributed by atoms with Crippen LogP contribution in [0.25, 0.3) is 0 Å². The zero-order chi connectivity index (χ0) is 14.7. The number of benzene rings is 1. The van der Waals surface area contributed by atoms with Crippen molar-refractivity contribution in [1.82, 2.24) is 4.90 Å². The van der Waals surface area contributed by atoms with Crippen LogP contribution in [-0.4, -0.2) is 29.1 Å². The second-order valence-corrected chi connectivity index (χ2v) is 6.69. The molecule has 114 valence electrons. The third kappa shape index (κ3) is 3.46. The predicted octanol–water partition coefficient (Wildman–Crippen LogP) is 3.40. The molecule has 0 amide bonds. The van der Waals surface area contributed by atoms with Gasteiger partial charge in [-0.1, -0.05) is 62.4 Å². The van der Waals surface area contributed by atoms with E-state index >= 15 is 0 Å². The maximum Gasteiger partial charge on any atom is 0.308 e. The summed E-state index contributed by atoms with van der Waals surface area (Å²) in [5, 5.41) is 9.57. The first-order valence-corrected chi connectivity index (χ1v) is 8.23. The molecule has 2 aliphatic rings. The molecule has 3 rings (SSSR count). The molecule has 0 bridgehead atoms. The Bertz CT molecular complexity index is 467. The quantitative estimate of drug-likeness (QED) is 0.922. The Kier molecular flexibility index (Phi) is 4.59. The van der Waals surface area contributed by atoms with Crippen molar-refractivity contribution in [3.05, 3.63) is 35.9 Å². The third-order valence-corrected chi connectivity index (χ3v) is 5.26. The fourth-order valence-corrected chi connectivity index (χ4v) is 4.19. The second kappa shape index (κ2) is 6.61. The Morgan fingerprint density at radius 3 is 2.48 bits per heavy atom. The molecule has 0 aromatic heterocycles. The van der Waals surface area contributed by atoms with Crippen molar-refractivity contribution in [2.24, 2.45) is 17.8 Å². The summed E-state index contributed by atoms with van der Waals surface area (Å²) in [4.78, 5) is 14.0. The van der Waals surface area contributed by atoms with E-state index in [0.717, 1.165) is 13.1 Å². The number of carbonyl (C=O) groups is 1. The molecule has 3 heteroatoms. The van der Waals surface area contributed by atoms with Crippen molar-refractivity contribution in [2.45, 2.75) is 38.6 Å². The van der Waals surface area contributed by atoms with E-state index in [2.05, 4.69) is 29.2 Å². The molecule has 1 aliphatic heterocycles. The zero-order valence-corrected chi connectivity index (χ0v) is 12.6. The summed E-state index contributed by atoms with van der Waals surface area (Å²) in [7, 11) is 0. The largest absolute Gasteiger partial charge is 0.481 e. The molecule has 1 aliphatic carbocycles. The molecule has 1 heterocycles. The molecule has 0 spiro atoms. The van der Waals surface area contributed by atoms with Crippen LogP contribution < -0.4 is 0 Å². The van der Waals surface area contributed by atoms with E-state index in [1.807, 2.05) is 6.07 Å². The Hall–Kier alpha value is -1.35. The van der Waals surface area contributed by atoms with Gasteiger partial charge in [-0.3, -0.25) is 9.69 Å². The highest BCUT2D eigenvalue weighted by Crippen LogP contribution is 2.38. The van der Waals surface area contributed by atoms with Crippen molar-refractivity contribution in [3.8, 4) is 0 Å². The Labute approximate surface area is 127 Å².